The van der Waals surface area contributed by atoms with Gasteiger partial charge in [-0.25, -0.2) is 4.98 Å². The molecule has 3 heteroatoms. The van der Waals surface area contributed by atoms with Crippen LogP contribution in [0.3, 0.4) is 0 Å². The van der Waals surface area contributed by atoms with E-state index in [1.807, 2.05) is 0 Å². The van der Waals surface area contributed by atoms with Crippen molar-refractivity contribution in [2.75, 3.05) is 0 Å². The molecule has 0 unspecified atom stereocenters. The third-order valence-corrected chi connectivity index (χ3v) is 10.6. The van der Waals surface area contributed by atoms with E-state index >= 15 is 0 Å². The van der Waals surface area contributed by atoms with Crippen LogP contribution >= 0.6 is 0 Å². The maximum absolute atomic E-state index is 5.36. The number of para-hydroxylation sites is 2. The van der Waals surface area contributed by atoms with Crippen LogP contribution in [0.4, 0.5) is 0 Å². The third kappa shape index (κ3) is 4.62. The molecule has 1 aliphatic rings. The van der Waals surface area contributed by atoms with Gasteiger partial charge in [0.25, 0.3) is 0 Å². The smallest absolute Gasteiger partial charge is 0.138 e. The zero-order chi connectivity index (χ0) is 34.1. The summed E-state index contributed by atoms with van der Waals surface area (Å²) in [6.07, 6.45) is 9.69. The second kappa shape index (κ2) is 11.6. The average Bonchev–Trinajstić information content (AvgIpc) is 3.54. The van der Waals surface area contributed by atoms with Gasteiger partial charge in [-0.05, 0) is 120 Å². The van der Waals surface area contributed by atoms with E-state index in [-0.39, 0.29) is 0 Å². The quantitative estimate of drug-likeness (QED) is 0.185. The van der Waals surface area contributed by atoms with Gasteiger partial charge in [-0.3, -0.25) is 4.57 Å². The van der Waals surface area contributed by atoms with Gasteiger partial charge in [-0.15, -0.1) is 0 Å². The maximum atomic E-state index is 5.36. The summed E-state index contributed by atoms with van der Waals surface area (Å²) in [4.78, 5) is 5.36. The van der Waals surface area contributed by atoms with Crippen LogP contribution in [-0.4, -0.2) is 14.1 Å². The lowest BCUT2D eigenvalue weighted by Crippen LogP contribution is -2.02. The van der Waals surface area contributed by atoms with Crippen molar-refractivity contribution in [3.63, 3.8) is 0 Å². The first-order chi connectivity index (χ1) is 25.1. The fourth-order valence-corrected chi connectivity index (χ4v) is 8.27. The van der Waals surface area contributed by atoms with Gasteiger partial charge >= 0.3 is 0 Å². The number of nitrogens with zero attached hydrogens (tertiary/aromatic N) is 3. The molecule has 3 heterocycles. The first kappa shape index (κ1) is 29.5. The molecule has 0 saturated carbocycles. The van der Waals surface area contributed by atoms with E-state index in [4.69, 9.17) is 4.98 Å². The predicted octanol–water partition coefficient (Wildman–Crippen LogP) is 12.4. The summed E-state index contributed by atoms with van der Waals surface area (Å²) in [5.41, 5.74) is 15.7. The van der Waals surface area contributed by atoms with E-state index < -0.39 is 0 Å². The molecule has 0 amide bonds. The van der Waals surface area contributed by atoms with Crippen LogP contribution in [0.15, 0.2) is 158 Å². The maximum Gasteiger partial charge on any atom is 0.138 e. The molecule has 0 aliphatic heterocycles. The van der Waals surface area contributed by atoms with Crippen molar-refractivity contribution >= 4 is 49.7 Å². The molecule has 0 radical (unpaired) electrons. The zero-order valence-corrected chi connectivity index (χ0v) is 28.6. The molecule has 0 spiro atoms. The van der Waals surface area contributed by atoms with Gasteiger partial charge in [0.05, 0.1) is 27.8 Å². The number of pyridine rings is 1. The highest BCUT2D eigenvalue weighted by Gasteiger charge is 2.21. The van der Waals surface area contributed by atoms with Crippen molar-refractivity contribution in [1.82, 2.24) is 14.1 Å². The lowest BCUT2D eigenvalue weighted by atomic mass is 9.95. The van der Waals surface area contributed by atoms with E-state index in [1.165, 1.54) is 88.4 Å². The highest BCUT2D eigenvalue weighted by molar-refractivity contribution is 6.10. The van der Waals surface area contributed by atoms with Crippen molar-refractivity contribution in [2.24, 2.45) is 0 Å². The first-order valence-corrected chi connectivity index (χ1v) is 17.7. The van der Waals surface area contributed by atoms with Gasteiger partial charge in [0.2, 0.25) is 0 Å². The number of hydrogen-bond donors (Lipinski definition) is 0. The SMILES string of the molecule is Cc1ccccc1-c1cc(-n2c3c(c4cc(-c5ccc6c(c5)c5ccccc5n6-c5ccccc5)ccc42)CC=CC=C3)nc2cccc(C)c12. The number of allylic oxidation sites excluding steroid dienone is 3. The summed E-state index contributed by atoms with van der Waals surface area (Å²) in [6.45, 7) is 4.39. The number of aryl methyl sites for hydroxylation is 2. The van der Waals surface area contributed by atoms with Crippen LogP contribution in [0, 0.1) is 13.8 Å². The fraction of sp³-hybridized carbons (Fsp3) is 0.0625. The fourth-order valence-electron chi connectivity index (χ4n) is 8.27. The van der Waals surface area contributed by atoms with Gasteiger partial charge in [0, 0.05) is 27.2 Å². The second-order valence-corrected chi connectivity index (χ2v) is 13.7. The minimum atomic E-state index is 0.857. The largest absolute Gasteiger partial charge is 0.309 e. The summed E-state index contributed by atoms with van der Waals surface area (Å²) >= 11 is 0. The molecule has 0 fully saturated rings. The van der Waals surface area contributed by atoms with Crippen LogP contribution in [-0.2, 0) is 6.42 Å². The molecular weight excluding hydrogens is 619 g/mol. The molecule has 0 atom stereocenters. The Bertz CT molecular complexity index is 2900. The van der Waals surface area contributed by atoms with Gasteiger partial charge < -0.3 is 4.57 Å². The highest BCUT2D eigenvalue weighted by Crippen LogP contribution is 2.40. The van der Waals surface area contributed by atoms with E-state index in [1.54, 1.807) is 0 Å². The molecule has 0 saturated heterocycles. The molecule has 0 bridgehead atoms. The number of rotatable bonds is 4. The Balaban J connectivity index is 1.19. The number of hydrogen-bond acceptors (Lipinski definition) is 1. The number of benzene rings is 6. The normalized spacial score (nSPS) is 12.7. The Labute approximate surface area is 297 Å². The second-order valence-electron chi connectivity index (χ2n) is 13.7. The Morgan fingerprint density at radius 2 is 1.24 bits per heavy atom. The summed E-state index contributed by atoms with van der Waals surface area (Å²) in [5.74, 6) is 0.937. The molecular formula is C48H35N3. The highest BCUT2D eigenvalue weighted by atomic mass is 15.1. The number of aromatic nitrogens is 3. The molecule has 3 aromatic heterocycles. The van der Waals surface area contributed by atoms with Crippen LogP contribution in [0.5, 0.6) is 0 Å². The van der Waals surface area contributed by atoms with Crippen LogP contribution < -0.4 is 0 Å². The molecule has 9 aromatic rings. The van der Waals surface area contributed by atoms with Gasteiger partial charge in [0.15, 0.2) is 0 Å². The third-order valence-electron chi connectivity index (χ3n) is 10.6. The van der Waals surface area contributed by atoms with Gasteiger partial charge in [0.1, 0.15) is 5.82 Å². The topological polar surface area (TPSA) is 22.8 Å². The summed E-state index contributed by atoms with van der Waals surface area (Å²) < 4.78 is 4.75. The Morgan fingerprint density at radius 3 is 2.08 bits per heavy atom. The van der Waals surface area contributed by atoms with Crippen molar-refractivity contribution in [2.45, 2.75) is 20.3 Å². The van der Waals surface area contributed by atoms with E-state index in [0.717, 1.165) is 17.8 Å². The van der Waals surface area contributed by atoms with Crippen molar-refractivity contribution in [3.05, 3.63) is 180 Å². The minimum Gasteiger partial charge on any atom is -0.309 e. The van der Waals surface area contributed by atoms with Crippen molar-refractivity contribution in [1.29, 1.82) is 0 Å². The average molecular weight is 654 g/mol. The van der Waals surface area contributed by atoms with Crippen molar-refractivity contribution < 1.29 is 0 Å². The van der Waals surface area contributed by atoms with E-state index in [0.29, 0.717) is 0 Å². The lowest BCUT2D eigenvalue weighted by Gasteiger charge is -2.16. The molecule has 51 heavy (non-hydrogen) atoms. The summed E-state index contributed by atoms with van der Waals surface area (Å²) in [5, 5.41) is 4.99. The summed E-state index contributed by atoms with van der Waals surface area (Å²) in [6, 6.07) is 50.7. The lowest BCUT2D eigenvalue weighted by molar-refractivity contribution is 1.03. The summed E-state index contributed by atoms with van der Waals surface area (Å²) in [7, 11) is 0. The molecule has 10 rings (SSSR count). The Morgan fingerprint density at radius 1 is 0.529 bits per heavy atom. The number of fused-ring (bicyclic) bond motifs is 7. The molecule has 6 aromatic carbocycles. The minimum absolute atomic E-state index is 0.857. The van der Waals surface area contributed by atoms with Crippen LogP contribution in [0.2, 0.25) is 0 Å². The molecule has 0 N–H and O–H groups in total. The van der Waals surface area contributed by atoms with Gasteiger partial charge in [-0.2, -0.15) is 0 Å². The van der Waals surface area contributed by atoms with E-state index in [9.17, 15) is 0 Å². The van der Waals surface area contributed by atoms with Gasteiger partial charge in [-0.1, -0.05) is 103 Å². The molecule has 242 valence electrons. The predicted molar refractivity (Wildman–Crippen MR) is 215 cm³/mol. The van der Waals surface area contributed by atoms with Crippen LogP contribution in [0.1, 0.15) is 22.4 Å². The Hall–Kier alpha value is -6.45. The van der Waals surface area contributed by atoms with E-state index in [2.05, 4.69) is 187 Å². The monoisotopic (exact) mass is 653 g/mol. The Kier molecular flexibility index (Phi) is 6.68. The standard InChI is InChI=1S/C48H35N3/c1-31-14-9-10-18-36(31)41-30-47(49-42-21-13-15-32(2)48(41)42)51-44-22-8-4-7-19-38(44)40-29-34(25-27-46(40)51)33-24-26-45-39(28-33)37-20-11-12-23-43(37)50(45)35-16-5-3-6-17-35/h3-18,20-30H,19H2,1-2H3. The first-order valence-electron chi connectivity index (χ1n) is 17.7. The zero-order valence-electron chi connectivity index (χ0n) is 28.6. The van der Waals surface area contributed by atoms with Crippen molar-refractivity contribution in [3.8, 4) is 33.8 Å². The molecule has 3 nitrogen and oxygen atoms in total. The van der Waals surface area contributed by atoms with Crippen LogP contribution in [0.25, 0.3) is 83.4 Å². The molecule has 1 aliphatic carbocycles.